The van der Waals surface area contributed by atoms with E-state index in [0.717, 1.165) is 25.8 Å². The van der Waals surface area contributed by atoms with Crippen LogP contribution in [0.15, 0.2) is 0 Å². The maximum Gasteiger partial charge on any atom is 0.137 e. The van der Waals surface area contributed by atoms with Crippen molar-refractivity contribution >= 4 is 17.5 Å². The molecule has 0 N–H and O–H groups in total. The summed E-state index contributed by atoms with van der Waals surface area (Å²) in [6, 6.07) is 0. The van der Waals surface area contributed by atoms with Gasteiger partial charge in [-0.3, -0.25) is 4.79 Å². The minimum atomic E-state index is 0.373. The Morgan fingerprint density at radius 3 is 3.00 bits per heavy atom. The van der Waals surface area contributed by atoms with Crippen LogP contribution in [0.5, 0.6) is 0 Å². The molecule has 0 amide bonds. The first kappa shape index (κ1) is 10.5. The fraction of sp³-hybridized carbons (Fsp3) is 0.909. The lowest BCUT2D eigenvalue weighted by Gasteiger charge is -2.22. The predicted octanol–water partition coefficient (Wildman–Crippen LogP) is 1.79. The normalized spacial score (nSPS) is 30.6. The zero-order valence-electron chi connectivity index (χ0n) is 8.71. The topological polar surface area (TPSA) is 20.3 Å². The van der Waals surface area contributed by atoms with Crippen LogP contribution < -0.4 is 0 Å². The van der Waals surface area contributed by atoms with Gasteiger partial charge in [0.05, 0.1) is 0 Å². The molecular formula is C11H19NOS. The van der Waals surface area contributed by atoms with Crippen molar-refractivity contribution in [3.63, 3.8) is 0 Å². The van der Waals surface area contributed by atoms with Gasteiger partial charge in [-0.25, -0.2) is 0 Å². The Labute approximate surface area is 90.4 Å². The van der Waals surface area contributed by atoms with Crippen molar-refractivity contribution in [1.82, 2.24) is 4.90 Å². The Morgan fingerprint density at radius 2 is 2.21 bits per heavy atom. The molecule has 0 radical (unpaired) electrons. The maximum atomic E-state index is 11.5. The molecule has 2 nitrogen and oxygen atoms in total. The smallest absolute Gasteiger partial charge is 0.137 e. The Morgan fingerprint density at radius 1 is 1.29 bits per heavy atom. The number of carbonyl (C=O) groups excluding carboxylic acids is 1. The molecule has 2 fully saturated rings. The van der Waals surface area contributed by atoms with E-state index < -0.39 is 0 Å². The first-order chi connectivity index (χ1) is 6.86. The summed E-state index contributed by atoms with van der Waals surface area (Å²) in [5.74, 6) is 3.44. The molecule has 0 bridgehead atoms. The van der Waals surface area contributed by atoms with Crippen LogP contribution in [0.25, 0.3) is 0 Å². The van der Waals surface area contributed by atoms with E-state index in [4.69, 9.17) is 0 Å². The fourth-order valence-corrected chi connectivity index (χ4v) is 3.30. The van der Waals surface area contributed by atoms with Crippen LogP contribution in [0.2, 0.25) is 0 Å². The quantitative estimate of drug-likeness (QED) is 0.697. The molecule has 2 aliphatic rings. The third-order valence-electron chi connectivity index (χ3n) is 3.22. The van der Waals surface area contributed by atoms with Gasteiger partial charge in [0.15, 0.2) is 0 Å². The number of ketones is 1. The number of hydrogen-bond acceptors (Lipinski definition) is 3. The third-order valence-corrected chi connectivity index (χ3v) is 4.27. The molecule has 80 valence electrons. The first-order valence-electron chi connectivity index (χ1n) is 5.69. The molecule has 2 rings (SSSR count). The van der Waals surface area contributed by atoms with Crippen molar-refractivity contribution in [2.24, 2.45) is 5.92 Å². The van der Waals surface area contributed by atoms with E-state index in [1.807, 2.05) is 0 Å². The molecule has 1 atom stereocenters. The van der Waals surface area contributed by atoms with E-state index in [0.29, 0.717) is 11.7 Å². The summed E-state index contributed by atoms with van der Waals surface area (Å²) >= 11 is 2.05. The number of thioether (sulfide) groups is 1. The van der Waals surface area contributed by atoms with Gasteiger partial charge in [-0.05, 0) is 31.6 Å². The van der Waals surface area contributed by atoms with Crippen molar-refractivity contribution in [2.45, 2.75) is 25.7 Å². The lowest BCUT2D eigenvalue weighted by Crippen LogP contribution is -2.32. The van der Waals surface area contributed by atoms with Gasteiger partial charge in [0.1, 0.15) is 5.78 Å². The van der Waals surface area contributed by atoms with Gasteiger partial charge in [-0.2, -0.15) is 11.8 Å². The van der Waals surface area contributed by atoms with E-state index in [-0.39, 0.29) is 0 Å². The lowest BCUT2D eigenvalue weighted by molar-refractivity contribution is -0.121. The summed E-state index contributed by atoms with van der Waals surface area (Å²) in [5.41, 5.74) is 0. The Hall–Kier alpha value is -0.0200. The van der Waals surface area contributed by atoms with Gasteiger partial charge in [0.2, 0.25) is 0 Å². The molecule has 1 aliphatic carbocycles. The standard InChI is InChI=1S/C11H19NOS/c13-11-4-1-3-10(11)9-12-5-2-7-14-8-6-12/h10H,1-9H2. The number of Topliss-reactive ketones (excluding diaryl/α,β-unsaturated/α-hetero) is 1. The predicted molar refractivity (Wildman–Crippen MR) is 60.7 cm³/mol. The van der Waals surface area contributed by atoms with Crippen LogP contribution >= 0.6 is 11.8 Å². The SMILES string of the molecule is O=C1CCCC1CN1CCCSCC1. The van der Waals surface area contributed by atoms with Gasteiger partial charge in [-0.1, -0.05) is 0 Å². The van der Waals surface area contributed by atoms with Crippen LogP contribution in [0.1, 0.15) is 25.7 Å². The highest BCUT2D eigenvalue weighted by atomic mass is 32.2. The second kappa shape index (κ2) is 5.17. The van der Waals surface area contributed by atoms with Crippen molar-refractivity contribution in [3.05, 3.63) is 0 Å². The highest BCUT2D eigenvalue weighted by molar-refractivity contribution is 7.99. The van der Waals surface area contributed by atoms with Crippen LogP contribution in [0.4, 0.5) is 0 Å². The molecule has 1 saturated heterocycles. The van der Waals surface area contributed by atoms with E-state index >= 15 is 0 Å². The van der Waals surface area contributed by atoms with Gasteiger partial charge < -0.3 is 4.90 Å². The summed E-state index contributed by atoms with van der Waals surface area (Å²) in [4.78, 5) is 14.0. The summed E-state index contributed by atoms with van der Waals surface area (Å²) in [5, 5.41) is 0. The molecule has 1 unspecified atom stereocenters. The zero-order valence-corrected chi connectivity index (χ0v) is 9.52. The van der Waals surface area contributed by atoms with Crippen molar-refractivity contribution in [1.29, 1.82) is 0 Å². The summed E-state index contributed by atoms with van der Waals surface area (Å²) < 4.78 is 0. The van der Waals surface area contributed by atoms with Crippen LogP contribution in [-0.4, -0.2) is 41.8 Å². The number of carbonyl (C=O) groups is 1. The Balaban J connectivity index is 1.80. The second-order valence-corrected chi connectivity index (χ2v) is 5.55. The average Bonchev–Trinajstić information content (AvgIpc) is 2.44. The summed E-state index contributed by atoms with van der Waals surface area (Å²) in [6.45, 7) is 3.44. The molecule has 0 aromatic heterocycles. The number of rotatable bonds is 2. The molecule has 0 aromatic carbocycles. The van der Waals surface area contributed by atoms with E-state index in [9.17, 15) is 4.79 Å². The van der Waals surface area contributed by atoms with Gasteiger partial charge >= 0.3 is 0 Å². The van der Waals surface area contributed by atoms with Crippen molar-refractivity contribution in [3.8, 4) is 0 Å². The van der Waals surface area contributed by atoms with Gasteiger partial charge in [0, 0.05) is 31.2 Å². The Bertz CT molecular complexity index is 199. The van der Waals surface area contributed by atoms with Crippen LogP contribution in [0.3, 0.4) is 0 Å². The molecule has 0 aromatic rings. The molecule has 1 aliphatic heterocycles. The van der Waals surface area contributed by atoms with Gasteiger partial charge in [0.25, 0.3) is 0 Å². The van der Waals surface area contributed by atoms with E-state index in [2.05, 4.69) is 16.7 Å². The molecule has 1 saturated carbocycles. The van der Waals surface area contributed by atoms with Gasteiger partial charge in [-0.15, -0.1) is 0 Å². The second-order valence-electron chi connectivity index (χ2n) is 4.32. The number of hydrogen-bond donors (Lipinski definition) is 0. The third kappa shape index (κ3) is 2.74. The summed E-state index contributed by atoms with van der Waals surface area (Å²) in [7, 11) is 0. The minimum Gasteiger partial charge on any atom is -0.302 e. The fourth-order valence-electron chi connectivity index (χ4n) is 2.37. The first-order valence-corrected chi connectivity index (χ1v) is 6.84. The molecule has 14 heavy (non-hydrogen) atoms. The van der Waals surface area contributed by atoms with Crippen molar-refractivity contribution in [2.75, 3.05) is 31.1 Å². The van der Waals surface area contributed by atoms with E-state index in [1.54, 1.807) is 0 Å². The van der Waals surface area contributed by atoms with Crippen LogP contribution in [0, 0.1) is 5.92 Å². The lowest BCUT2D eigenvalue weighted by atomic mass is 10.1. The molecule has 0 spiro atoms. The molecule has 1 heterocycles. The average molecular weight is 213 g/mol. The summed E-state index contributed by atoms with van der Waals surface area (Å²) in [6.07, 6.45) is 4.41. The van der Waals surface area contributed by atoms with Crippen LogP contribution in [-0.2, 0) is 4.79 Å². The largest absolute Gasteiger partial charge is 0.302 e. The van der Waals surface area contributed by atoms with Crippen molar-refractivity contribution < 1.29 is 4.79 Å². The highest BCUT2D eigenvalue weighted by Gasteiger charge is 2.26. The minimum absolute atomic E-state index is 0.373. The highest BCUT2D eigenvalue weighted by Crippen LogP contribution is 2.23. The zero-order chi connectivity index (χ0) is 9.80. The van der Waals surface area contributed by atoms with E-state index in [1.165, 1.54) is 31.0 Å². The molecule has 3 heteroatoms. The number of nitrogens with zero attached hydrogens (tertiary/aromatic N) is 1. The Kier molecular flexibility index (Phi) is 3.88. The monoisotopic (exact) mass is 213 g/mol. The molecular weight excluding hydrogens is 194 g/mol. The maximum absolute atomic E-state index is 11.5.